The summed E-state index contributed by atoms with van der Waals surface area (Å²) in [6, 6.07) is 0. The van der Waals surface area contributed by atoms with Gasteiger partial charge in [-0.15, -0.1) is 0 Å². The first-order valence-corrected chi connectivity index (χ1v) is 20.4. The van der Waals surface area contributed by atoms with Gasteiger partial charge in [0.25, 0.3) is 0 Å². The molecule has 260 valence electrons. The summed E-state index contributed by atoms with van der Waals surface area (Å²) >= 11 is 0. The molecule has 4 aliphatic carbocycles. The lowest BCUT2D eigenvalue weighted by Gasteiger charge is -2.58. The van der Waals surface area contributed by atoms with E-state index in [0.717, 1.165) is 86.6 Å². The van der Waals surface area contributed by atoms with Crippen LogP contribution in [0.2, 0.25) is 0 Å². The van der Waals surface area contributed by atoms with Crippen molar-refractivity contribution in [1.82, 2.24) is 0 Å². The van der Waals surface area contributed by atoms with Gasteiger partial charge in [-0.25, -0.2) is 0 Å². The Bertz CT molecular complexity index is 917. The van der Waals surface area contributed by atoms with E-state index in [-0.39, 0.29) is 0 Å². The molecular weight excluding hydrogens is 548 g/mol. The van der Waals surface area contributed by atoms with E-state index in [1.54, 1.807) is 5.57 Å². The monoisotopic (exact) mass is 625 g/mol. The number of unbranched alkanes of at least 4 members (excludes halogenated alkanes) is 6. The Hall–Kier alpha value is -0.630. The molecule has 0 heterocycles. The molecule has 0 bridgehead atoms. The Morgan fingerprint density at radius 3 is 2.16 bits per heavy atom. The van der Waals surface area contributed by atoms with E-state index < -0.39 is 0 Å². The zero-order valence-corrected chi connectivity index (χ0v) is 31.3. The van der Waals surface area contributed by atoms with E-state index in [1.165, 1.54) is 103 Å². The Balaban J connectivity index is 1.13. The van der Waals surface area contributed by atoms with Crippen LogP contribution in [0.25, 0.3) is 0 Å². The van der Waals surface area contributed by atoms with Gasteiger partial charge in [0.1, 0.15) is 5.78 Å². The highest BCUT2D eigenvalue weighted by molar-refractivity contribution is 5.78. The molecule has 2 nitrogen and oxygen atoms in total. The third-order valence-electron chi connectivity index (χ3n) is 14.0. The molecule has 3 fully saturated rings. The summed E-state index contributed by atoms with van der Waals surface area (Å²) in [5, 5.41) is 0. The number of carbonyl (C=O) groups excluding carboxylic acids is 1. The van der Waals surface area contributed by atoms with Gasteiger partial charge in [0, 0.05) is 19.4 Å². The molecule has 0 saturated heterocycles. The van der Waals surface area contributed by atoms with E-state index in [1.807, 2.05) is 0 Å². The number of allylic oxidation sites excluding steroid dienone is 1. The Labute approximate surface area is 281 Å². The molecule has 0 N–H and O–H groups in total. The fraction of sp³-hybridized carbons (Fsp3) is 0.930. The predicted molar refractivity (Wildman–Crippen MR) is 193 cm³/mol. The minimum Gasteiger partial charge on any atom is -0.378 e. The molecule has 0 aromatic heterocycles. The van der Waals surface area contributed by atoms with Crippen LogP contribution in [0.1, 0.15) is 190 Å². The van der Waals surface area contributed by atoms with Crippen LogP contribution in [0.5, 0.6) is 0 Å². The van der Waals surface area contributed by atoms with E-state index in [9.17, 15) is 4.79 Å². The third kappa shape index (κ3) is 9.95. The van der Waals surface area contributed by atoms with Gasteiger partial charge in [0.2, 0.25) is 0 Å². The van der Waals surface area contributed by atoms with Gasteiger partial charge in [-0.3, -0.25) is 4.79 Å². The highest BCUT2D eigenvalue weighted by Gasteiger charge is 2.59. The maximum atomic E-state index is 12.3. The highest BCUT2D eigenvalue weighted by Crippen LogP contribution is 2.67. The molecule has 0 aromatic rings. The lowest BCUT2D eigenvalue weighted by atomic mass is 9.47. The molecule has 0 radical (unpaired) electrons. The van der Waals surface area contributed by atoms with Crippen molar-refractivity contribution in [2.45, 2.75) is 196 Å². The second-order valence-electron chi connectivity index (χ2n) is 18.1. The van der Waals surface area contributed by atoms with Crippen LogP contribution in [0.3, 0.4) is 0 Å². The van der Waals surface area contributed by atoms with Crippen molar-refractivity contribution in [3.05, 3.63) is 11.6 Å². The second kappa shape index (κ2) is 17.7. The summed E-state index contributed by atoms with van der Waals surface area (Å²) in [7, 11) is 0. The van der Waals surface area contributed by atoms with Gasteiger partial charge in [0.15, 0.2) is 0 Å². The van der Waals surface area contributed by atoms with Crippen molar-refractivity contribution in [2.75, 3.05) is 6.61 Å². The molecule has 0 spiro atoms. The first kappa shape index (κ1) is 37.2. The lowest BCUT2D eigenvalue weighted by molar-refractivity contribution is -0.119. The Morgan fingerprint density at radius 2 is 1.42 bits per heavy atom. The van der Waals surface area contributed by atoms with Crippen molar-refractivity contribution in [2.24, 2.45) is 52.3 Å². The summed E-state index contributed by atoms with van der Waals surface area (Å²) in [6.07, 6.45) is 30.9. The van der Waals surface area contributed by atoms with E-state index in [2.05, 4.69) is 54.5 Å². The van der Waals surface area contributed by atoms with Crippen LogP contribution >= 0.6 is 0 Å². The molecule has 8 atom stereocenters. The number of ketones is 1. The number of Topliss-reactive ketones (excluding diaryl/α,β-unsaturated/α-hetero) is 1. The summed E-state index contributed by atoms with van der Waals surface area (Å²) in [6.45, 7) is 18.2. The largest absolute Gasteiger partial charge is 0.378 e. The fourth-order valence-electron chi connectivity index (χ4n) is 11.2. The molecule has 1 unspecified atom stereocenters. The first-order chi connectivity index (χ1) is 21.5. The molecule has 3 saturated carbocycles. The number of fused-ring (bicyclic) bond motifs is 5. The number of hydrogen-bond donors (Lipinski definition) is 0. The average molecular weight is 625 g/mol. The molecule has 0 aliphatic heterocycles. The maximum Gasteiger partial charge on any atom is 0.132 e. The number of ether oxygens (including phenoxy) is 1. The SMILES string of the molecule is CC(C)CCCCCCCC(=O)CCCCCOC1CC[C@@]2(C)C(=CC[C@H]3[C@@H]4CC[C@H]([C@H](C)CCCC(C)C)[C@@]4(C)CC[C@@H]32)C1. The molecule has 45 heavy (non-hydrogen) atoms. The van der Waals surface area contributed by atoms with Crippen LogP contribution in [0.15, 0.2) is 11.6 Å². The average Bonchev–Trinajstić information content (AvgIpc) is 3.35. The number of hydrogen-bond acceptors (Lipinski definition) is 2. The van der Waals surface area contributed by atoms with Gasteiger partial charge < -0.3 is 4.74 Å². The normalized spacial score (nSPS) is 33.5. The van der Waals surface area contributed by atoms with Crippen molar-refractivity contribution in [3.8, 4) is 0 Å². The van der Waals surface area contributed by atoms with Gasteiger partial charge in [-0.1, -0.05) is 118 Å². The quantitative estimate of drug-likeness (QED) is 0.0995. The summed E-state index contributed by atoms with van der Waals surface area (Å²) in [5.74, 6) is 6.76. The molecular formula is C43H76O2. The summed E-state index contributed by atoms with van der Waals surface area (Å²) in [4.78, 5) is 12.3. The minimum absolute atomic E-state index is 0.416. The van der Waals surface area contributed by atoms with E-state index >= 15 is 0 Å². The maximum absolute atomic E-state index is 12.3. The van der Waals surface area contributed by atoms with Gasteiger partial charge in [-0.05, 0) is 123 Å². The van der Waals surface area contributed by atoms with E-state index in [4.69, 9.17) is 4.74 Å². The second-order valence-corrected chi connectivity index (χ2v) is 18.1. The molecule has 4 aliphatic rings. The Kier molecular flexibility index (Phi) is 14.6. The lowest BCUT2D eigenvalue weighted by Crippen LogP contribution is -2.51. The minimum atomic E-state index is 0.416. The van der Waals surface area contributed by atoms with E-state index in [0.29, 0.717) is 22.7 Å². The van der Waals surface area contributed by atoms with Gasteiger partial charge in [-0.2, -0.15) is 0 Å². The van der Waals surface area contributed by atoms with Crippen molar-refractivity contribution in [3.63, 3.8) is 0 Å². The van der Waals surface area contributed by atoms with Crippen LogP contribution in [-0.2, 0) is 9.53 Å². The van der Waals surface area contributed by atoms with Gasteiger partial charge >= 0.3 is 0 Å². The third-order valence-corrected chi connectivity index (χ3v) is 14.0. The van der Waals surface area contributed by atoms with Crippen molar-refractivity contribution in [1.29, 1.82) is 0 Å². The number of rotatable bonds is 20. The van der Waals surface area contributed by atoms with Crippen molar-refractivity contribution >= 4 is 5.78 Å². The first-order valence-electron chi connectivity index (χ1n) is 20.4. The van der Waals surface area contributed by atoms with Crippen LogP contribution < -0.4 is 0 Å². The zero-order valence-electron chi connectivity index (χ0n) is 31.3. The molecule has 4 rings (SSSR count). The fourth-order valence-corrected chi connectivity index (χ4v) is 11.2. The van der Waals surface area contributed by atoms with Crippen LogP contribution in [0.4, 0.5) is 0 Å². The van der Waals surface area contributed by atoms with Crippen molar-refractivity contribution < 1.29 is 9.53 Å². The van der Waals surface area contributed by atoms with Crippen LogP contribution in [-0.4, -0.2) is 18.5 Å². The smallest absolute Gasteiger partial charge is 0.132 e. The molecule has 0 amide bonds. The molecule has 2 heteroatoms. The zero-order chi connectivity index (χ0) is 32.5. The standard InChI is InChI=1S/C43H76O2/c1-32(2)17-12-9-8-10-13-20-36(44)21-14-11-15-30-45-37-26-28-42(6)35(31-37)22-23-38-40-25-24-39(34(5)19-16-18-33(3)4)43(40,7)29-27-41(38)42/h22,32-34,37-41H,8-21,23-31H2,1-7H3/t34-,37?,38+,39-,40+,41+,42+,43-/m1/s1. The summed E-state index contributed by atoms with van der Waals surface area (Å²) in [5.41, 5.74) is 2.75. The molecule has 0 aromatic carbocycles. The van der Waals surface area contributed by atoms with Crippen LogP contribution in [0, 0.1) is 52.3 Å². The topological polar surface area (TPSA) is 26.3 Å². The Morgan fingerprint density at radius 1 is 0.756 bits per heavy atom. The number of carbonyl (C=O) groups is 1. The highest BCUT2D eigenvalue weighted by atomic mass is 16.5. The van der Waals surface area contributed by atoms with Gasteiger partial charge in [0.05, 0.1) is 6.10 Å². The predicted octanol–water partition coefficient (Wildman–Crippen LogP) is 12.9. The summed E-state index contributed by atoms with van der Waals surface area (Å²) < 4.78 is 6.49.